The van der Waals surface area contributed by atoms with E-state index in [0.717, 1.165) is 28.9 Å². The molecule has 6 heteroatoms. The van der Waals surface area contributed by atoms with Crippen LogP contribution < -0.4 is 5.30 Å². The quantitative estimate of drug-likeness (QED) is 0.279. The summed E-state index contributed by atoms with van der Waals surface area (Å²) < 4.78 is 25.6. The van der Waals surface area contributed by atoms with E-state index in [0.29, 0.717) is 35.5 Å². The van der Waals surface area contributed by atoms with Gasteiger partial charge >= 0.3 is 0 Å². The van der Waals surface area contributed by atoms with Crippen molar-refractivity contribution in [3.05, 3.63) is 99.1 Å². The van der Waals surface area contributed by atoms with Gasteiger partial charge in [-0.15, -0.1) is 0 Å². The fourth-order valence-electron chi connectivity index (χ4n) is 4.74. The van der Waals surface area contributed by atoms with Crippen molar-refractivity contribution in [1.82, 2.24) is 0 Å². The Bertz CT molecular complexity index is 1290. The average Bonchev–Trinajstić information content (AvgIpc) is 3.62. The molecule has 0 saturated carbocycles. The van der Waals surface area contributed by atoms with Gasteiger partial charge in [0.2, 0.25) is 18.2 Å². The predicted octanol–water partition coefficient (Wildman–Crippen LogP) is 5.81. The summed E-state index contributed by atoms with van der Waals surface area (Å²) in [7, 11) is -4.19. The van der Waals surface area contributed by atoms with Crippen LogP contribution in [-0.2, 0) is 20.6 Å². The number of rotatable bonds is 9. The Morgan fingerprint density at radius 2 is 1.34 bits per heavy atom. The van der Waals surface area contributed by atoms with Crippen molar-refractivity contribution >= 4 is 23.5 Å². The average molecular weight is 491 g/mol. The summed E-state index contributed by atoms with van der Waals surface area (Å²) in [5.41, 5.74) is 4.19. The topological polar surface area (TPSA) is 73.0 Å². The maximum atomic E-state index is 14.7. The third-order valence-electron chi connectivity index (χ3n) is 6.36. The second kappa shape index (κ2) is 10.0. The summed E-state index contributed by atoms with van der Waals surface area (Å²) >= 11 is 0. The number of hydrogen-bond acceptors (Lipinski definition) is 5. The van der Waals surface area contributed by atoms with Crippen LogP contribution in [-0.4, -0.2) is 30.4 Å². The van der Waals surface area contributed by atoms with Crippen molar-refractivity contribution in [3.63, 3.8) is 0 Å². The highest BCUT2D eigenvalue weighted by Crippen LogP contribution is 2.52. The van der Waals surface area contributed by atoms with Crippen molar-refractivity contribution in [3.8, 4) is 0 Å². The maximum absolute atomic E-state index is 14.7. The lowest BCUT2D eigenvalue weighted by Gasteiger charge is -2.21. The number of carbonyl (C=O) groups excluding carboxylic acids is 2. The van der Waals surface area contributed by atoms with Gasteiger partial charge in [0.1, 0.15) is 6.10 Å². The van der Waals surface area contributed by atoms with Crippen LogP contribution in [0.5, 0.6) is 0 Å². The van der Waals surface area contributed by atoms with Crippen LogP contribution in [0.4, 0.5) is 0 Å². The minimum atomic E-state index is -4.19. The minimum Gasteiger partial charge on any atom is -0.374 e. The molecule has 1 saturated heterocycles. The SMILES string of the molecule is Cc1cc(C)c(C(=O)P(=O)(C(=O)c2c(C)cc(COCC3CO3)cc2C)c2ccccc2)c(C)c1. The molecule has 0 bridgehead atoms. The molecule has 1 aliphatic rings. The van der Waals surface area contributed by atoms with E-state index < -0.39 is 18.2 Å². The Labute approximate surface area is 206 Å². The number of epoxide rings is 1. The minimum absolute atomic E-state index is 0.175. The molecule has 35 heavy (non-hydrogen) atoms. The molecule has 0 amide bonds. The zero-order chi connectivity index (χ0) is 25.3. The summed E-state index contributed by atoms with van der Waals surface area (Å²) in [6.45, 7) is 10.9. The molecule has 0 aromatic heterocycles. The first-order valence-electron chi connectivity index (χ1n) is 11.8. The van der Waals surface area contributed by atoms with Crippen molar-refractivity contribution in [2.45, 2.75) is 47.3 Å². The van der Waals surface area contributed by atoms with E-state index >= 15 is 0 Å². The van der Waals surface area contributed by atoms with Crippen LogP contribution in [0.3, 0.4) is 0 Å². The molecule has 1 aliphatic heterocycles. The standard InChI is InChI=1S/C29H31O5P/c1-18-11-19(2)26(20(3)12-18)28(30)35(32,25-9-7-6-8-10-25)29(31)27-21(4)13-23(14-22(27)5)15-33-16-24-17-34-24/h6-14,24H,15-17H2,1-5H3. The first-order chi connectivity index (χ1) is 16.6. The summed E-state index contributed by atoms with van der Waals surface area (Å²) in [5.74, 6) is 0. The lowest BCUT2D eigenvalue weighted by Crippen LogP contribution is -2.23. The van der Waals surface area contributed by atoms with Gasteiger partial charge in [-0.25, -0.2) is 0 Å². The zero-order valence-electron chi connectivity index (χ0n) is 20.9. The second-order valence-electron chi connectivity index (χ2n) is 9.40. The van der Waals surface area contributed by atoms with E-state index in [1.165, 1.54) is 0 Å². The molecule has 182 valence electrons. The van der Waals surface area contributed by atoms with Crippen molar-refractivity contribution < 1.29 is 23.6 Å². The van der Waals surface area contributed by atoms with Gasteiger partial charge in [0.05, 0.1) is 19.8 Å². The second-order valence-corrected chi connectivity index (χ2v) is 12.0. The van der Waals surface area contributed by atoms with Gasteiger partial charge in [-0.3, -0.25) is 9.59 Å². The Hall–Kier alpha value is -2.85. The normalized spacial score (nSPS) is 16.5. The maximum Gasteiger partial charge on any atom is 0.248 e. The first kappa shape index (κ1) is 25.2. The van der Waals surface area contributed by atoms with Crippen LogP contribution in [0.2, 0.25) is 0 Å². The summed E-state index contributed by atoms with van der Waals surface area (Å²) in [4.78, 5) is 28.1. The van der Waals surface area contributed by atoms with E-state index in [4.69, 9.17) is 9.47 Å². The summed E-state index contributed by atoms with van der Waals surface area (Å²) in [6, 6.07) is 15.9. The van der Waals surface area contributed by atoms with E-state index in [-0.39, 0.29) is 11.4 Å². The molecule has 0 spiro atoms. The van der Waals surface area contributed by atoms with E-state index in [1.807, 2.05) is 58.9 Å². The van der Waals surface area contributed by atoms with Crippen LogP contribution in [0, 0.1) is 34.6 Å². The molecule has 0 radical (unpaired) electrons. The van der Waals surface area contributed by atoms with E-state index in [2.05, 4.69) is 0 Å². The largest absolute Gasteiger partial charge is 0.374 e. The number of ether oxygens (including phenoxy) is 2. The number of benzene rings is 3. The molecule has 2 unspecified atom stereocenters. The molecule has 1 fully saturated rings. The molecule has 1 heterocycles. The van der Waals surface area contributed by atoms with Gasteiger partial charge in [0.25, 0.3) is 0 Å². The molecule has 0 N–H and O–H groups in total. The highest BCUT2D eigenvalue weighted by molar-refractivity contribution is 8.01. The number of aryl methyl sites for hydroxylation is 5. The van der Waals surface area contributed by atoms with Crippen LogP contribution in [0.15, 0.2) is 54.6 Å². The predicted molar refractivity (Wildman–Crippen MR) is 138 cm³/mol. The van der Waals surface area contributed by atoms with Crippen molar-refractivity contribution in [2.24, 2.45) is 0 Å². The van der Waals surface area contributed by atoms with Gasteiger partial charge < -0.3 is 14.0 Å². The van der Waals surface area contributed by atoms with Gasteiger partial charge in [-0.2, -0.15) is 0 Å². The summed E-state index contributed by atoms with van der Waals surface area (Å²) in [5, 5.41) is 0.255. The molecular weight excluding hydrogens is 459 g/mol. The molecule has 3 aromatic rings. The van der Waals surface area contributed by atoms with Gasteiger partial charge in [-0.05, 0) is 62.4 Å². The van der Waals surface area contributed by atoms with Gasteiger partial charge in [0, 0.05) is 16.4 Å². The smallest absolute Gasteiger partial charge is 0.248 e. The number of carbonyl (C=O) groups is 2. The molecule has 5 nitrogen and oxygen atoms in total. The van der Waals surface area contributed by atoms with E-state index in [9.17, 15) is 14.2 Å². The van der Waals surface area contributed by atoms with Crippen molar-refractivity contribution in [2.75, 3.05) is 13.2 Å². The highest BCUT2D eigenvalue weighted by Gasteiger charge is 2.44. The fourth-order valence-corrected chi connectivity index (χ4v) is 7.32. The molecule has 4 rings (SSSR count). The molecular formula is C29H31O5P. The Morgan fingerprint density at radius 1 is 0.857 bits per heavy atom. The van der Waals surface area contributed by atoms with Crippen LogP contribution in [0.25, 0.3) is 0 Å². The Kier molecular flexibility index (Phi) is 7.23. The Morgan fingerprint density at radius 3 is 1.83 bits per heavy atom. The third-order valence-corrected chi connectivity index (χ3v) is 8.98. The monoisotopic (exact) mass is 490 g/mol. The van der Waals surface area contributed by atoms with Crippen molar-refractivity contribution in [1.29, 1.82) is 0 Å². The van der Waals surface area contributed by atoms with Crippen LogP contribution >= 0.6 is 7.14 Å². The fraction of sp³-hybridized carbons (Fsp3) is 0.310. The third kappa shape index (κ3) is 5.08. The molecule has 0 aliphatic carbocycles. The highest BCUT2D eigenvalue weighted by atomic mass is 31.2. The van der Waals surface area contributed by atoms with Gasteiger partial charge in [-0.1, -0.05) is 60.2 Å². The Balaban J connectivity index is 1.78. The van der Waals surface area contributed by atoms with Gasteiger partial charge in [0.15, 0.2) is 0 Å². The van der Waals surface area contributed by atoms with Crippen LogP contribution in [0.1, 0.15) is 54.1 Å². The lowest BCUT2D eigenvalue weighted by atomic mass is 10.0. The molecule has 3 aromatic carbocycles. The number of hydrogen-bond donors (Lipinski definition) is 0. The lowest BCUT2D eigenvalue weighted by molar-refractivity contribution is 0.103. The first-order valence-corrected chi connectivity index (χ1v) is 13.5. The summed E-state index contributed by atoms with van der Waals surface area (Å²) in [6.07, 6.45) is 0.175. The zero-order valence-corrected chi connectivity index (χ0v) is 21.8. The van der Waals surface area contributed by atoms with E-state index in [1.54, 1.807) is 30.3 Å². The molecule has 2 atom stereocenters.